The van der Waals surface area contributed by atoms with Crippen LogP contribution in [0.5, 0.6) is 0 Å². The van der Waals surface area contributed by atoms with E-state index in [1.54, 1.807) is 6.08 Å². The number of hydrogen-bond donors (Lipinski definition) is 2. The van der Waals surface area contributed by atoms with E-state index in [9.17, 15) is 14.7 Å². The average Bonchev–Trinajstić information content (AvgIpc) is 3.03. The van der Waals surface area contributed by atoms with Crippen LogP contribution in [0.15, 0.2) is 30.5 Å². The van der Waals surface area contributed by atoms with Crippen LogP contribution >= 0.6 is 34.8 Å². The van der Waals surface area contributed by atoms with E-state index < -0.39 is 28.4 Å². The fourth-order valence-corrected chi connectivity index (χ4v) is 3.98. The number of amides is 1. The van der Waals surface area contributed by atoms with Crippen LogP contribution in [0.4, 0.5) is 4.79 Å². The van der Waals surface area contributed by atoms with Gasteiger partial charge in [-0.25, -0.2) is 4.79 Å². The van der Waals surface area contributed by atoms with Gasteiger partial charge in [0, 0.05) is 23.6 Å². The van der Waals surface area contributed by atoms with E-state index in [4.69, 9.17) is 39.5 Å². The van der Waals surface area contributed by atoms with E-state index in [0.29, 0.717) is 6.42 Å². The van der Waals surface area contributed by atoms with Gasteiger partial charge in [-0.1, -0.05) is 53.0 Å². The molecule has 0 radical (unpaired) electrons. The first-order valence-electron chi connectivity index (χ1n) is 8.28. The molecule has 2 aromatic rings. The van der Waals surface area contributed by atoms with Crippen molar-refractivity contribution < 1.29 is 19.4 Å². The van der Waals surface area contributed by atoms with Gasteiger partial charge in [0.05, 0.1) is 12.0 Å². The van der Waals surface area contributed by atoms with Gasteiger partial charge in [-0.05, 0) is 29.2 Å². The number of aliphatic carboxylic acids is 1. The molecule has 1 aromatic heterocycles. The third-order valence-corrected chi connectivity index (χ3v) is 5.26. The zero-order valence-corrected chi connectivity index (χ0v) is 16.2. The quantitative estimate of drug-likeness (QED) is 0.707. The van der Waals surface area contributed by atoms with Gasteiger partial charge in [0.2, 0.25) is 3.79 Å². The lowest BCUT2D eigenvalue weighted by Crippen LogP contribution is -2.50. The molecule has 0 saturated heterocycles. The number of nitrogens with one attached hydrogen (secondary N) is 1. The van der Waals surface area contributed by atoms with Crippen molar-refractivity contribution in [1.29, 1.82) is 0 Å². The number of carboxylic acids is 1. The first-order chi connectivity index (χ1) is 12.7. The lowest BCUT2D eigenvalue weighted by Gasteiger charge is -2.40. The Morgan fingerprint density at radius 2 is 2.11 bits per heavy atom. The van der Waals surface area contributed by atoms with Crippen LogP contribution in [0.2, 0.25) is 0 Å². The molecule has 6 nitrogen and oxygen atoms in total. The lowest BCUT2D eigenvalue weighted by atomic mass is 9.80. The number of nitrogens with zero attached hydrogens (tertiary/aromatic N) is 1. The zero-order chi connectivity index (χ0) is 19.3. The topological polar surface area (TPSA) is 82.6 Å². The van der Waals surface area contributed by atoms with Gasteiger partial charge in [0.25, 0.3) is 0 Å². The summed E-state index contributed by atoms with van der Waals surface area (Å²) >= 11 is 17.0. The number of alkyl halides is 3. The molecule has 142 valence electrons. The lowest BCUT2D eigenvalue weighted by molar-refractivity contribution is -0.140. The molecule has 9 heteroatoms. The maximum atomic E-state index is 12.7. The predicted molar refractivity (Wildman–Crippen MR) is 103 cm³/mol. The number of aromatic nitrogens is 1. The second kappa shape index (κ2) is 6.62. The molecule has 0 saturated carbocycles. The minimum atomic E-state index is -1.73. The SMILES string of the molecule is O=C(O)C1C=C2c3cccc4[nH]cc(c34)C[C@H]2N(C(=O)OCC(Cl)(Cl)Cl)C1. The molecule has 2 N–H and O–H groups in total. The van der Waals surface area contributed by atoms with E-state index in [0.717, 1.165) is 27.6 Å². The Hall–Kier alpha value is -1.89. The van der Waals surface area contributed by atoms with Crippen molar-refractivity contribution in [3.63, 3.8) is 0 Å². The van der Waals surface area contributed by atoms with E-state index in [1.165, 1.54) is 4.90 Å². The molecule has 4 rings (SSSR count). The number of H-pyrrole nitrogens is 1. The van der Waals surface area contributed by atoms with Gasteiger partial charge < -0.3 is 14.8 Å². The molecule has 1 aromatic carbocycles. The maximum Gasteiger partial charge on any atom is 0.410 e. The van der Waals surface area contributed by atoms with Crippen molar-refractivity contribution >= 4 is 63.3 Å². The molecule has 2 heterocycles. The first kappa shape index (κ1) is 18.5. The van der Waals surface area contributed by atoms with E-state index in [1.807, 2.05) is 24.4 Å². The van der Waals surface area contributed by atoms with Crippen LogP contribution in [-0.2, 0) is 16.0 Å². The number of fused-ring (bicyclic) bond motifs is 2. The van der Waals surface area contributed by atoms with E-state index >= 15 is 0 Å². The second-order valence-electron chi connectivity index (χ2n) is 6.65. The number of aromatic amines is 1. The molecule has 1 amide bonds. The van der Waals surface area contributed by atoms with Gasteiger partial charge in [-0.3, -0.25) is 9.69 Å². The first-order valence-corrected chi connectivity index (χ1v) is 9.42. The van der Waals surface area contributed by atoms with Gasteiger partial charge in [0.1, 0.15) is 6.61 Å². The van der Waals surface area contributed by atoms with Gasteiger partial charge in [-0.2, -0.15) is 0 Å². The Bertz CT molecular complexity index is 963. The summed E-state index contributed by atoms with van der Waals surface area (Å²) in [5.74, 6) is -1.85. The van der Waals surface area contributed by atoms with Crippen molar-refractivity contribution in [3.8, 4) is 0 Å². The number of carbonyl (C=O) groups is 2. The summed E-state index contributed by atoms with van der Waals surface area (Å²) < 4.78 is 3.39. The highest BCUT2D eigenvalue weighted by atomic mass is 35.6. The van der Waals surface area contributed by atoms with Crippen molar-refractivity contribution in [1.82, 2.24) is 9.88 Å². The maximum absolute atomic E-state index is 12.7. The molecular formula is C18H15Cl3N2O4. The molecule has 27 heavy (non-hydrogen) atoms. The van der Waals surface area contributed by atoms with Crippen molar-refractivity contribution in [2.75, 3.05) is 13.2 Å². The molecule has 0 spiro atoms. The number of carbonyl (C=O) groups excluding carboxylic acids is 1. The molecule has 2 atom stereocenters. The minimum absolute atomic E-state index is 0.00206. The fraction of sp³-hybridized carbons (Fsp3) is 0.333. The Labute approximate surface area is 169 Å². The molecular weight excluding hydrogens is 415 g/mol. The summed E-state index contributed by atoms with van der Waals surface area (Å²) in [4.78, 5) is 29.0. The Balaban J connectivity index is 1.74. The van der Waals surface area contributed by atoms with Gasteiger partial charge in [-0.15, -0.1) is 0 Å². The smallest absolute Gasteiger partial charge is 0.410 e. The average molecular weight is 430 g/mol. The minimum Gasteiger partial charge on any atom is -0.481 e. The summed E-state index contributed by atoms with van der Waals surface area (Å²) in [6.07, 6.45) is 3.50. The fourth-order valence-electron chi connectivity index (χ4n) is 3.82. The highest BCUT2D eigenvalue weighted by Gasteiger charge is 2.40. The van der Waals surface area contributed by atoms with Crippen LogP contribution in [0.3, 0.4) is 0 Å². The number of ether oxygens (including phenoxy) is 1. The Morgan fingerprint density at radius 1 is 1.33 bits per heavy atom. The van der Waals surface area contributed by atoms with Crippen LogP contribution < -0.4 is 0 Å². The van der Waals surface area contributed by atoms with Crippen LogP contribution in [0.25, 0.3) is 16.5 Å². The molecule has 1 unspecified atom stereocenters. The van der Waals surface area contributed by atoms with Crippen LogP contribution in [0.1, 0.15) is 11.1 Å². The standard InChI is InChI=1S/C18H15Cl3N2O4/c19-18(20,21)8-27-17(26)23-7-10(16(24)25)4-12-11-2-1-3-13-15(11)9(6-22-13)5-14(12)23/h1-4,6,10,14,22H,5,7-8H2,(H,24,25)/t10?,14-/m1/s1. The number of carboxylic acid groups (broad SMARTS) is 1. The van der Waals surface area contributed by atoms with E-state index in [2.05, 4.69) is 4.98 Å². The van der Waals surface area contributed by atoms with Gasteiger partial charge in [0.15, 0.2) is 0 Å². The van der Waals surface area contributed by atoms with Crippen molar-refractivity contribution in [2.24, 2.45) is 5.92 Å². The number of hydrogen-bond acceptors (Lipinski definition) is 3. The Kier molecular flexibility index (Phi) is 4.53. The highest BCUT2D eigenvalue weighted by Crippen LogP contribution is 2.41. The van der Waals surface area contributed by atoms with Crippen LogP contribution in [-0.4, -0.2) is 50.0 Å². The van der Waals surface area contributed by atoms with Gasteiger partial charge >= 0.3 is 12.1 Å². The van der Waals surface area contributed by atoms with Crippen LogP contribution in [0, 0.1) is 5.92 Å². The summed E-state index contributed by atoms with van der Waals surface area (Å²) in [7, 11) is 0. The third-order valence-electron chi connectivity index (χ3n) is 4.93. The largest absolute Gasteiger partial charge is 0.481 e. The summed E-state index contributed by atoms with van der Waals surface area (Å²) in [5, 5.41) is 10.6. The third kappa shape index (κ3) is 3.37. The molecule has 1 aliphatic heterocycles. The van der Waals surface area contributed by atoms with E-state index in [-0.39, 0.29) is 12.6 Å². The second-order valence-corrected chi connectivity index (χ2v) is 9.17. The Morgan fingerprint density at radius 3 is 2.81 bits per heavy atom. The predicted octanol–water partition coefficient (Wildman–Crippen LogP) is 4.00. The van der Waals surface area contributed by atoms with Crippen molar-refractivity contribution in [2.45, 2.75) is 16.3 Å². The van der Waals surface area contributed by atoms with Crippen molar-refractivity contribution in [3.05, 3.63) is 41.6 Å². The molecule has 2 aliphatic rings. The molecule has 0 fully saturated rings. The molecule has 1 aliphatic carbocycles. The molecule has 0 bridgehead atoms. The summed E-state index contributed by atoms with van der Waals surface area (Å²) in [6.45, 7) is -0.417. The summed E-state index contributed by atoms with van der Waals surface area (Å²) in [5.41, 5.74) is 3.77. The zero-order valence-electron chi connectivity index (χ0n) is 13.9. The number of rotatable bonds is 2. The summed E-state index contributed by atoms with van der Waals surface area (Å²) in [6, 6.07) is 5.47. The normalized spacial score (nSPS) is 21.6. The monoisotopic (exact) mass is 428 g/mol. The number of halogens is 3. The highest BCUT2D eigenvalue weighted by molar-refractivity contribution is 6.67. The number of benzene rings is 1.